The third-order valence-corrected chi connectivity index (χ3v) is 2.17. The monoisotopic (exact) mass is 307 g/mol. The molecule has 0 fully saturated rings. The molecule has 0 saturated heterocycles. The van der Waals surface area contributed by atoms with E-state index in [1.54, 1.807) is 0 Å². The van der Waals surface area contributed by atoms with E-state index in [1.807, 2.05) is 3.92 Å². The first kappa shape index (κ1) is 9.67. The van der Waals surface area contributed by atoms with Gasteiger partial charge in [0.2, 0.25) is 0 Å². The van der Waals surface area contributed by atoms with Crippen molar-refractivity contribution >= 4 is 48.5 Å². The van der Waals surface area contributed by atoms with Gasteiger partial charge in [0.15, 0.2) is 0 Å². The van der Waals surface area contributed by atoms with E-state index >= 15 is 0 Å². The van der Waals surface area contributed by atoms with E-state index in [2.05, 4.69) is 0 Å². The molecule has 0 aromatic heterocycles. The molecule has 0 aromatic carbocycles. The van der Waals surface area contributed by atoms with Gasteiger partial charge in [-0.25, -0.2) is 0 Å². The first-order valence-electron chi connectivity index (χ1n) is 1.01. The third kappa shape index (κ3) is 7.67. The van der Waals surface area contributed by atoms with Gasteiger partial charge >= 0.3 is 65.0 Å². The molecule has 0 aliphatic heterocycles. The maximum absolute atomic E-state index is 9.64. The molecule has 2 nitrogen and oxygen atoms in total. The maximum atomic E-state index is 9.64. The molecule has 0 rings (SSSR count). The normalized spacial score (nSPS) is 21.1. The van der Waals surface area contributed by atoms with Gasteiger partial charge in [-0.2, -0.15) is 0 Å². The summed E-state index contributed by atoms with van der Waals surface area (Å²) in [5.74, 6) is 0. The van der Waals surface area contributed by atoms with Gasteiger partial charge in [0.1, 0.15) is 0 Å². The van der Waals surface area contributed by atoms with Crippen LogP contribution in [0.4, 0.5) is 0 Å². The van der Waals surface area contributed by atoms with Crippen molar-refractivity contribution in [2.24, 2.45) is 3.92 Å². The van der Waals surface area contributed by atoms with E-state index in [4.69, 9.17) is 48.5 Å². The Kier molecular flexibility index (Phi) is 1.98. The Bertz CT molecular complexity index is 116. The standard InChI is InChI=1S/5ClH.NO.Ru/c;;;;;1-2;/h5*1H;;/q;;;;;-1;+6/p-5. The number of nitrogens with zero attached hydrogens (tertiary/aromatic N) is 1. The minimum atomic E-state index is -5.67. The van der Waals surface area contributed by atoms with Crippen LogP contribution in [0.1, 0.15) is 0 Å². The van der Waals surface area contributed by atoms with Crippen molar-refractivity contribution in [2.45, 2.75) is 0 Å². The molecule has 0 aliphatic carbocycles. The molecule has 0 bridgehead atoms. The third-order valence-electron chi connectivity index (χ3n) is 0.122. The fourth-order valence-electron chi connectivity index (χ4n) is 0. The summed E-state index contributed by atoms with van der Waals surface area (Å²) >= 11 is 0. The first-order chi connectivity index (χ1) is 3.04. The van der Waals surface area contributed by atoms with Gasteiger partial charge in [0, 0.05) is 0 Å². The molecule has 0 atom stereocenters. The predicted molar refractivity (Wildman–Crippen MR) is 35.1 cm³/mol. The van der Waals surface area contributed by atoms with Crippen LogP contribution in [0, 0.1) is 4.91 Å². The Hall–Kier alpha value is 1.67. The molecule has 0 unspecified atom stereocenters. The summed E-state index contributed by atoms with van der Waals surface area (Å²) in [6.07, 6.45) is 0. The molecular weight excluding hydrogens is 308 g/mol. The molecule has 0 spiro atoms. The predicted octanol–water partition coefficient (Wildman–Crippen LogP) is 3.66. The summed E-state index contributed by atoms with van der Waals surface area (Å²) in [4.78, 5) is 9.64. The molecule has 0 radical (unpaired) electrons. The van der Waals surface area contributed by atoms with Crippen molar-refractivity contribution in [3.8, 4) is 0 Å². The van der Waals surface area contributed by atoms with E-state index in [9.17, 15) is 4.91 Å². The molecule has 0 N–H and O–H groups in total. The van der Waals surface area contributed by atoms with E-state index in [0.29, 0.717) is 0 Å². The number of nitroso groups, excluding NO2 is 1. The summed E-state index contributed by atoms with van der Waals surface area (Å²) in [6.45, 7) is 0. The van der Waals surface area contributed by atoms with Gasteiger partial charge in [-0.15, -0.1) is 0 Å². The van der Waals surface area contributed by atoms with Gasteiger partial charge in [0.05, 0.1) is 0 Å². The van der Waals surface area contributed by atoms with Gasteiger partial charge in [0.25, 0.3) is 0 Å². The summed E-state index contributed by atoms with van der Waals surface area (Å²) in [5, 5.41) is 0. The van der Waals surface area contributed by atoms with Crippen molar-refractivity contribution in [2.75, 3.05) is 0 Å². The number of hydrogen-bond donors (Lipinski definition) is 0. The molecule has 0 aliphatic rings. The van der Waals surface area contributed by atoms with Crippen LogP contribution in [0.2, 0.25) is 0 Å². The van der Waals surface area contributed by atoms with Crippen molar-refractivity contribution in [3.05, 3.63) is 4.91 Å². The topological polar surface area (TPSA) is 29.4 Å². The Balaban J connectivity index is 4.77. The Morgan fingerprint density at radius 1 is 1.00 bits per heavy atom. The van der Waals surface area contributed by atoms with Gasteiger partial charge in [-0.1, -0.05) is 0 Å². The van der Waals surface area contributed by atoms with Crippen LogP contribution in [-0.4, -0.2) is 0 Å². The Labute approximate surface area is 64.5 Å². The van der Waals surface area contributed by atoms with Crippen LogP contribution in [0.15, 0.2) is 3.92 Å². The number of hydrogen-bond acceptors (Lipinski definition) is 2. The summed E-state index contributed by atoms with van der Waals surface area (Å²) < 4.78 is 2.04. The Morgan fingerprint density at radius 3 is 1.12 bits per heavy atom. The molecule has 0 amide bonds. The fourth-order valence-corrected chi connectivity index (χ4v) is 0. The summed E-state index contributed by atoms with van der Waals surface area (Å²) in [6, 6.07) is 0. The zero-order chi connectivity index (χ0) is 7.12. The van der Waals surface area contributed by atoms with Crippen molar-refractivity contribution in [3.63, 3.8) is 0 Å². The van der Waals surface area contributed by atoms with E-state index < -0.39 is 7.71 Å². The average Bonchev–Trinajstić information content (AvgIpc) is 1.30. The average molecular weight is 308 g/mol. The van der Waals surface area contributed by atoms with Gasteiger partial charge < -0.3 is 0 Å². The quantitative estimate of drug-likeness (QED) is 0.537. The van der Waals surface area contributed by atoms with Crippen molar-refractivity contribution in [1.82, 2.24) is 0 Å². The molecular formula is Cl5NORu. The van der Waals surface area contributed by atoms with E-state index in [-0.39, 0.29) is 0 Å². The zero-order valence-electron chi connectivity index (χ0n) is 3.10. The number of rotatable bonds is 1. The summed E-state index contributed by atoms with van der Waals surface area (Å²) in [7, 11) is 19.3. The van der Waals surface area contributed by atoms with Crippen LogP contribution >= 0.6 is 48.5 Å². The van der Waals surface area contributed by atoms with Crippen molar-refractivity contribution in [1.29, 1.82) is 0 Å². The van der Waals surface area contributed by atoms with E-state index in [1.165, 1.54) is 0 Å². The second kappa shape index (κ2) is 1.64. The molecule has 8 heavy (non-hydrogen) atoms. The first-order valence-corrected chi connectivity index (χ1v) is 13.0. The molecule has 54 valence electrons. The van der Waals surface area contributed by atoms with Crippen LogP contribution in [0.3, 0.4) is 0 Å². The van der Waals surface area contributed by atoms with Gasteiger partial charge in [-0.05, 0) is 0 Å². The van der Waals surface area contributed by atoms with Crippen LogP contribution in [0.25, 0.3) is 0 Å². The Morgan fingerprint density at radius 2 is 1.12 bits per heavy atom. The van der Waals surface area contributed by atoms with Gasteiger partial charge in [-0.3, -0.25) is 0 Å². The minimum absolute atomic E-state index is 2.04. The fraction of sp³-hybridized carbons (Fsp3) is 0. The van der Waals surface area contributed by atoms with Crippen LogP contribution in [-0.2, 0) is 7.71 Å². The zero-order valence-corrected chi connectivity index (χ0v) is 8.62. The molecule has 0 heterocycles. The van der Waals surface area contributed by atoms with Crippen LogP contribution in [0.5, 0.6) is 0 Å². The second-order valence-electron chi connectivity index (χ2n) is 0.868. The van der Waals surface area contributed by atoms with Crippen molar-refractivity contribution < 1.29 is 7.71 Å². The van der Waals surface area contributed by atoms with E-state index in [0.717, 1.165) is 0 Å². The number of halogens is 5. The van der Waals surface area contributed by atoms with Crippen LogP contribution < -0.4 is 0 Å². The molecule has 0 aromatic rings. The SMILES string of the molecule is O=[N][Ru]([Cl])([Cl])([Cl])([Cl])[Cl]. The molecule has 8 heteroatoms. The molecule has 0 saturated carbocycles. The summed E-state index contributed by atoms with van der Waals surface area (Å²) in [5.41, 5.74) is 0. The second-order valence-corrected chi connectivity index (χ2v) is 32.6.